The number of benzene rings is 1. The summed E-state index contributed by atoms with van der Waals surface area (Å²) in [6.07, 6.45) is 5.48. The van der Waals surface area contributed by atoms with Gasteiger partial charge in [0.05, 0.1) is 11.8 Å². The molecule has 3 amide bonds. The number of rotatable bonds is 7. The molecule has 1 N–H and O–H groups in total. The fourth-order valence-electron chi connectivity index (χ4n) is 3.39. The summed E-state index contributed by atoms with van der Waals surface area (Å²) in [5.41, 5.74) is 1.09. The second-order valence-corrected chi connectivity index (χ2v) is 6.66. The molecule has 1 aliphatic heterocycles. The first-order valence-corrected chi connectivity index (χ1v) is 9.02. The van der Waals surface area contributed by atoms with Gasteiger partial charge in [-0.2, -0.15) is 0 Å². The minimum Gasteiger partial charge on any atom is -0.454 e. The molecule has 0 saturated carbocycles. The molecule has 7 nitrogen and oxygen atoms in total. The van der Waals surface area contributed by atoms with Gasteiger partial charge in [-0.05, 0) is 24.8 Å². The molecule has 2 aliphatic rings. The maximum absolute atomic E-state index is 12.3. The van der Waals surface area contributed by atoms with Crippen molar-refractivity contribution in [3.8, 4) is 0 Å². The SMILES string of the molecule is O=C(COC(=O)CN1C(=O)[C@H]2CC=CC[C@@H]2C1=O)NCCc1ccccc1. The van der Waals surface area contributed by atoms with Gasteiger partial charge in [0, 0.05) is 6.54 Å². The van der Waals surface area contributed by atoms with Crippen LogP contribution in [0.25, 0.3) is 0 Å². The molecule has 0 bridgehead atoms. The predicted molar refractivity (Wildman–Crippen MR) is 96.2 cm³/mol. The molecule has 0 unspecified atom stereocenters. The molecule has 3 rings (SSSR count). The second-order valence-electron chi connectivity index (χ2n) is 6.66. The average Bonchev–Trinajstić information content (AvgIpc) is 2.92. The highest BCUT2D eigenvalue weighted by molar-refractivity contribution is 6.07. The maximum Gasteiger partial charge on any atom is 0.326 e. The van der Waals surface area contributed by atoms with Crippen LogP contribution in [0.5, 0.6) is 0 Å². The van der Waals surface area contributed by atoms with Crippen LogP contribution >= 0.6 is 0 Å². The van der Waals surface area contributed by atoms with Crippen molar-refractivity contribution in [1.82, 2.24) is 10.2 Å². The van der Waals surface area contributed by atoms with Crippen LogP contribution in [0.3, 0.4) is 0 Å². The third-order valence-corrected chi connectivity index (χ3v) is 4.83. The molecule has 2 atom stereocenters. The molecule has 1 fully saturated rings. The van der Waals surface area contributed by atoms with Crippen LogP contribution in [-0.4, -0.2) is 48.3 Å². The Morgan fingerprint density at radius 3 is 2.30 bits per heavy atom. The summed E-state index contributed by atoms with van der Waals surface area (Å²) in [5, 5.41) is 2.67. The van der Waals surface area contributed by atoms with Gasteiger partial charge >= 0.3 is 5.97 Å². The number of likely N-dealkylation sites (tertiary alicyclic amines) is 1. The van der Waals surface area contributed by atoms with Crippen molar-refractivity contribution in [1.29, 1.82) is 0 Å². The molecule has 7 heteroatoms. The third-order valence-electron chi connectivity index (χ3n) is 4.83. The van der Waals surface area contributed by atoms with Gasteiger partial charge in [-0.25, -0.2) is 0 Å². The average molecular weight is 370 g/mol. The first-order chi connectivity index (χ1) is 13.1. The zero-order chi connectivity index (χ0) is 19.2. The quantitative estimate of drug-likeness (QED) is 0.436. The number of nitrogens with one attached hydrogen (secondary N) is 1. The van der Waals surface area contributed by atoms with Crippen molar-refractivity contribution in [2.45, 2.75) is 19.3 Å². The topological polar surface area (TPSA) is 92.8 Å². The maximum atomic E-state index is 12.3. The number of imide groups is 1. The van der Waals surface area contributed by atoms with Gasteiger partial charge in [0.2, 0.25) is 11.8 Å². The molecular formula is C20H22N2O5. The lowest BCUT2D eigenvalue weighted by atomic mass is 9.85. The van der Waals surface area contributed by atoms with Crippen LogP contribution in [0.1, 0.15) is 18.4 Å². The zero-order valence-electron chi connectivity index (χ0n) is 14.9. The molecule has 1 aliphatic carbocycles. The molecule has 1 heterocycles. The minimum atomic E-state index is -0.762. The Bertz CT molecular complexity index is 733. The van der Waals surface area contributed by atoms with E-state index in [-0.39, 0.29) is 23.7 Å². The van der Waals surface area contributed by atoms with Crippen molar-refractivity contribution >= 4 is 23.7 Å². The third kappa shape index (κ3) is 4.61. The number of allylic oxidation sites excluding steroid dienone is 2. The summed E-state index contributed by atoms with van der Waals surface area (Å²) in [6, 6.07) is 9.69. The molecule has 1 aromatic rings. The first-order valence-electron chi connectivity index (χ1n) is 9.02. The number of hydrogen-bond donors (Lipinski definition) is 1. The largest absolute Gasteiger partial charge is 0.454 e. The standard InChI is InChI=1S/C20H22N2O5/c23-17(21-11-10-14-6-2-1-3-7-14)13-27-18(24)12-22-19(25)15-8-4-5-9-16(15)20(22)26/h1-7,15-16H,8-13H2,(H,21,23)/t15-,16-/m0/s1. The summed E-state index contributed by atoms with van der Waals surface area (Å²) in [6.45, 7) is -0.444. The highest BCUT2D eigenvalue weighted by Gasteiger charge is 2.47. The van der Waals surface area contributed by atoms with Crippen LogP contribution in [0.2, 0.25) is 0 Å². The van der Waals surface area contributed by atoms with Crippen molar-refractivity contribution in [3.63, 3.8) is 0 Å². The Hall–Kier alpha value is -2.96. The lowest BCUT2D eigenvalue weighted by molar-refractivity contribution is -0.154. The monoisotopic (exact) mass is 370 g/mol. The Morgan fingerprint density at radius 2 is 1.67 bits per heavy atom. The van der Waals surface area contributed by atoms with Crippen LogP contribution in [0.4, 0.5) is 0 Å². The van der Waals surface area contributed by atoms with Gasteiger partial charge in [0.25, 0.3) is 5.91 Å². The van der Waals surface area contributed by atoms with Gasteiger partial charge in [-0.3, -0.25) is 24.1 Å². The number of carbonyl (C=O) groups excluding carboxylic acids is 4. The van der Waals surface area contributed by atoms with E-state index in [9.17, 15) is 19.2 Å². The van der Waals surface area contributed by atoms with Gasteiger partial charge in [-0.15, -0.1) is 0 Å². The lowest BCUT2D eigenvalue weighted by Gasteiger charge is -2.14. The normalized spacial score (nSPS) is 21.1. The summed E-state index contributed by atoms with van der Waals surface area (Å²) in [5.74, 6) is -2.61. The molecule has 0 spiro atoms. The van der Waals surface area contributed by atoms with E-state index in [1.807, 2.05) is 42.5 Å². The summed E-state index contributed by atoms with van der Waals surface area (Å²) >= 11 is 0. The van der Waals surface area contributed by atoms with Crippen LogP contribution < -0.4 is 5.32 Å². The Kier molecular flexibility index (Phi) is 6.01. The van der Waals surface area contributed by atoms with E-state index in [4.69, 9.17) is 4.74 Å². The molecule has 142 valence electrons. The number of amides is 3. The number of esters is 1. The summed E-state index contributed by atoms with van der Waals surface area (Å²) in [4.78, 5) is 49.2. The smallest absolute Gasteiger partial charge is 0.326 e. The first kappa shape index (κ1) is 18.8. The van der Waals surface area contributed by atoms with Gasteiger partial charge in [-0.1, -0.05) is 42.5 Å². The van der Waals surface area contributed by atoms with Crippen molar-refractivity contribution in [2.75, 3.05) is 19.7 Å². The lowest BCUT2D eigenvalue weighted by Crippen LogP contribution is -2.38. The number of hydrogen-bond acceptors (Lipinski definition) is 5. The number of nitrogens with zero attached hydrogens (tertiary/aromatic N) is 1. The van der Waals surface area contributed by atoms with Crippen LogP contribution in [0, 0.1) is 11.8 Å². The zero-order valence-corrected chi connectivity index (χ0v) is 14.9. The number of ether oxygens (including phenoxy) is 1. The molecule has 27 heavy (non-hydrogen) atoms. The van der Waals surface area contributed by atoms with E-state index >= 15 is 0 Å². The van der Waals surface area contributed by atoms with E-state index in [1.54, 1.807) is 0 Å². The molecule has 1 aromatic carbocycles. The fraction of sp³-hybridized carbons (Fsp3) is 0.400. The molecule has 0 aromatic heterocycles. The van der Waals surface area contributed by atoms with Crippen molar-refractivity contribution in [3.05, 3.63) is 48.0 Å². The Balaban J connectivity index is 1.38. The Labute approximate surface area is 157 Å². The number of fused-ring (bicyclic) bond motifs is 1. The van der Waals surface area contributed by atoms with Gasteiger partial charge in [0.15, 0.2) is 6.61 Å². The molecule has 0 radical (unpaired) electrons. The van der Waals surface area contributed by atoms with Crippen molar-refractivity contribution < 1.29 is 23.9 Å². The van der Waals surface area contributed by atoms with Crippen LogP contribution in [0.15, 0.2) is 42.5 Å². The molecular weight excluding hydrogens is 348 g/mol. The van der Waals surface area contributed by atoms with Gasteiger partial charge < -0.3 is 10.1 Å². The highest BCUT2D eigenvalue weighted by Crippen LogP contribution is 2.34. The van der Waals surface area contributed by atoms with Gasteiger partial charge in [0.1, 0.15) is 6.54 Å². The minimum absolute atomic E-state index is 0.335. The van der Waals surface area contributed by atoms with Crippen LogP contribution in [-0.2, 0) is 30.3 Å². The Morgan fingerprint density at radius 1 is 1.04 bits per heavy atom. The van der Waals surface area contributed by atoms with E-state index in [2.05, 4.69) is 5.32 Å². The fourth-order valence-corrected chi connectivity index (χ4v) is 3.39. The van der Waals surface area contributed by atoms with Crippen molar-refractivity contribution in [2.24, 2.45) is 11.8 Å². The highest BCUT2D eigenvalue weighted by atomic mass is 16.5. The summed E-state index contributed by atoms with van der Waals surface area (Å²) in [7, 11) is 0. The second kappa shape index (κ2) is 8.62. The van der Waals surface area contributed by atoms with E-state index in [1.165, 1.54) is 0 Å². The number of carbonyl (C=O) groups is 4. The van der Waals surface area contributed by atoms with E-state index < -0.39 is 25.0 Å². The molecule has 1 saturated heterocycles. The predicted octanol–water partition coefficient (Wildman–Crippen LogP) is 0.840. The summed E-state index contributed by atoms with van der Waals surface area (Å²) < 4.78 is 4.91. The van der Waals surface area contributed by atoms with E-state index in [0.29, 0.717) is 25.8 Å². The van der Waals surface area contributed by atoms with E-state index in [0.717, 1.165) is 10.5 Å².